The Kier molecular flexibility index (Phi) is 43.0. The average molecular weight is 755 g/mol. The largest absolute Gasteiger partial charge is 0.462 e. The fourth-order valence-electron chi connectivity index (χ4n) is 6.14. The van der Waals surface area contributed by atoms with E-state index in [1.165, 1.54) is 96.3 Å². The van der Waals surface area contributed by atoms with E-state index in [2.05, 4.69) is 81.5 Å². The van der Waals surface area contributed by atoms with Gasteiger partial charge in [0.1, 0.15) is 6.61 Å². The van der Waals surface area contributed by atoms with Crippen LogP contribution in [0.5, 0.6) is 0 Å². The van der Waals surface area contributed by atoms with E-state index in [0.29, 0.717) is 19.4 Å². The molecule has 0 saturated carbocycles. The summed E-state index contributed by atoms with van der Waals surface area (Å²) in [5, 5.41) is 0. The zero-order chi connectivity index (χ0) is 39.3. The van der Waals surface area contributed by atoms with Crippen molar-refractivity contribution in [1.82, 2.24) is 0 Å². The van der Waals surface area contributed by atoms with E-state index in [1.807, 2.05) is 0 Å². The number of carbonyl (C=O) groups excluding carboxylic acids is 2. The number of carbonyl (C=O) groups is 2. The van der Waals surface area contributed by atoms with Gasteiger partial charge in [-0.3, -0.25) is 9.59 Å². The van der Waals surface area contributed by atoms with Gasteiger partial charge in [0, 0.05) is 19.4 Å². The molecule has 0 heterocycles. The van der Waals surface area contributed by atoms with E-state index < -0.39 is 6.10 Å². The van der Waals surface area contributed by atoms with Crippen molar-refractivity contribution in [2.75, 3.05) is 19.8 Å². The molecule has 0 aromatic heterocycles. The molecule has 312 valence electrons. The van der Waals surface area contributed by atoms with E-state index in [1.54, 1.807) is 0 Å². The highest BCUT2D eigenvalue weighted by molar-refractivity contribution is 5.70. The summed E-state index contributed by atoms with van der Waals surface area (Å²) < 4.78 is 17.2. The van der Waals surface area contributed by atoms with Gasteiger partial charge in [0.2, 0.25) is 0 Å². The van der Waals surface area contributed by atoms with Gasteiger partial charge in [-0.05, 0) is 83.5 Å². The lowest BCUT2D eigenvalue weighted by molar-refractivity contribution is -0.163. The maximum Gasteiger partial charge on any atom is 0.306 e. The third-order valence-corrected chi connectivity index (χ3v) is 9.54. The second kappa shape index (κ2) is 45.0. The topological polar surface area (TPSA) is 61.8 Å². The molecule has 0 aromatic rings. The predicted molar refractivity (Wildman–Crippen MR) is 233 cm³/mol. The Balaban J connectivity index is 4.28. The number of hydrogen-bond acceptors (Lipinski definition) is 5. The zero-order valence-corrected chi connectivity index (χ0v) is 35.7. The summed E-state index contributed by atoms with van der Waals surface area (Å²) in [6.07, 6.45) is 55.1. The van der Waals surface area contributed by atoms with Gasteiger partial charge < -0.3 is 14.2 Å². The first-order chi connectivity index (χ1) is 26.6. The monoisotopic (exact) mass is 755 g/mol. The lowest BCUT2D eigenvalue weighted by Gasteiger charge is -2.18. The van der Waals surface area contributed by atoms with Gasteiger partial charge in [-0.25, -0.2) is 0 Å². The minimum Gasteiger partial charge on any atom is -0.462 e. The van der Waals surface area contributed by atoms with E-state index >= 15 is 0 Å². The van der Waals surface area contributed by atoms with Crippen LogP contribution in [0.3, 0.4) is 0 Å². The molecule has 0 aliphatic rings. The van der Waals surface area contributed by atoms with Gasteiger partial charge in [-0.1, -0.05) is 178 Å². The Hall–Kier alpha value is -2.40. The number of esters is 2. The van der Waals surface area contributed by atoms with Crippen LogP contribution in [0.4, 0.5) is 0 Å². The fraction of sp³-hybridized carbons (Fsp3) is 0.755. The van der Waals surface area contributed by atoms with E-state index in [-0.39, 0.29) is 25.2 Å². The smallest absolute Gasteiger partial charge is 0.306 e. The number of rotatable bonds is 41. The van der Waals surface area contributed by atoms with Gasteiger partial charge in [-0.2, -0.15) is 0 Å². The summed E-state index contributed by atoms with van der Waals surface area (Å²) in [7, 11) is 0. The Bertz CT molecular complexity index is 946. The molecular formula is C49H86O5. The molecule has 0 aliphatic heterocycles. The fourth-order valence-corrected chi connectivity index (χ4v) is 6.14. The first kappa shape index (κ1) is 51.6. The van der Waals surface area contributed by atoms with Crippen molar-refractivity contribution in [2.24, 2.45) is 0 Å². The standard InChI is InChI=1S/C49H86O5/c1-4-7-10-13-16-19-21-23-25-27-29-31-33-36-39-42-48(50)53-46-47(45-52-44-41-38-35-18-15-12-9-6-3)54-49(51)43-40-37-34-32-30-28-26-24-22-20-17-14-11-8-5-2/h7,10,16,19,23-26,29,31,47H,4-6,8-9,11-15,17-18,20-22,27-28,30,32-46H2,1-3H3/b10-7-,19-16-,25-23-,26-24-,31-29-. The molecule has 54 heavy (non-hydrogen) atoms. The zero-order valence-electron chi connectivity index (χ0n) is 35.7. The normalized spacial score (nSPS) is 12.7. The lowest BCUT2D eigenvalue weighted by Crippen LogP contribution is -2.30. The Labute approximate surface area is 334 Å². The second-order valence-electron chi connectivity index (χ2n) is 14.9. The highest BCUT2D eigenvalue weighted by Gasteiger charge is 2.17. The first-order valence-electron chi connectivity index (χ1n) is 22.8. The third-order valence-electron chi connectivity index (χ3n) is 9.54. The van der Waals surface area contributed by atoms with Crippen LogP contribution in [0.25, 0.3) is 0 Å². The summed E-state index contributed by atoms with van der Waals surface area (Å²) >= 11 is 0. The minimum atomic E-state index is -0.553. The van der Waals surface area contributed by atoms with Crippen LogP contribution in [-0.4, -0.2) is 37.9 Å². The summed E-state index contributed by atoms with van der Waals surface area (Å²) in [5.41, 5.74) is 0. The van der Waals surface area contributed by atoms with Crippen molar-refractivity contribution >= 4 is 11.9 Å². The molecule has 5 heteroatoms. The summed E-state index contributed by atoms with van der Waals surface area (Å²) in [4.78, 5) is 25.2. The van der Waals surface area contributed by atoms with Crippen molar-refractivity contribution in [3.8, 4) is 0 Å². The quantitative estimate of drug-likeness (QED) is 0.0353. The van der Waals surface area contributed by atoms with Crippen LogP contribution in [0.15, 0.2) is 60.8 Å². The molecule has 5 nitrogen and oxygen atoms in total. The summed E-state index contributed by atoms with van der Waals surface area (Å²) in [6.45, 7) is 7.64. The number of unbranched alkanes of at least 4 members (excludes halogenated alkanes) is 20. The minimum absolute atomic E-state index is 0.0608. The van der Waals surface area contributed by atoms with Gasteiger partial charge in [0.05, 0.1) is 6.61 Å². The van der Waals surface area contributed by atoms with E-state index in [9.17, 15) is 9.59 Å². The lowest BCUT2D eigenvalue weighted by atomic mass is 10.1. The van der Waals surface area contributed by atoms with Gasteiger partial charge in [0.15, 0.2) is 6.10 Å². The maximum absolute atomic E-state index is 12.7. The second-order valence-corrected chi connectivity index (χ2v) is 14.9. The van der Waals surface area contributed by atoms with Crippen molar-refractivity contribution in [3.05, 3.63) is 60.8 Å². The molecule has 0 rings (SSSR count). The molecule has 0 amide bonds. The molecule has 0 saturated heterocycles. The maximum atomic E-state index is 12.7. The molecule has 0 spiro atoms. The molecule has 0 radical (unpaired) electrons. The van der Waals surface area contributed by atoms with Gasteiger partial charge in [0.25, 0.3) is 0 Å². The highest BCUT2D eigenvalue weighted by Crippen LogP contribution is 2.12. The van der Waals surface area contributed by atoms with Crippen LogP contribution >= 0.6 is 0 Å². The van der Waals surface area contributed by atoms with Crippen LogP contribution in [0, 0.1) is 0 Å². The molecule has 0 bridgehead atoms. The van der Waals surface area contributed by atoms with Crippen LogP contribution < -0.4 is 0 Å². The molecule has 0 aliphatic carbocycles. The number of hydrogen-bond donors (Lipinski definition) is 0. The molecule has 0 aromatic carbocycles. The number of allylic oxidation sites excluding steroid dienone is 10. The summed E-state index contributed by atoms with van der Waals surface area (Å²) in [5.74, 6) is -0.455. The Morgan fingerprint density at radius 3 is 1.39 bits per heavy atom. The predicted octanol–water partition coefficient (Wildman–Crippen LogP) is 15.0. The SMILES string of the molecule is CC/C=C\C/C=C\C/C=C\C/C=C\CCCCC(=O)OCC(COCCCCCCCCCC)OC(=O)CCCCCCC/C=C\CCCCCCCC. The Morgan fingerprint density at radius 1 is 0.426 bits per heavy atom. The van der Waals surface area contributed by atoms with Gasteiger partial charge >= 0.3 is 11.9 Å². The van der Waals surface area contributed by atoms with Crippen molar-refractivity contribution in [3.63, 3.8) is 0 Å². The molecule has 1 atom stereocenters. The van der Waals surface area contributed by atoms with E-state index in [0.717, 1.165) is 83.5 Å². The van der Waals surface area contributed by atoms with E-state index in [4.69, 9.17) is 14.2 Å². The third kappa shape index (κ3) is 42.3. The van der Waals surface area contributed by atoms with Crippen LogP contribution in [-0.2, 0) is 23.8 Å². The van der Waals surface area contributed by atoms with Crippen molar-refractivity contribution in [1.29, 1.82) is 0 Å². The number of ether oxygens (including phenoxy) is 3. The highest BCUT2D eigenvalue weighted by atomic mass is 16.6. The summed E-state index contributed by atoms with van der Waals surface area (Å²) in [6, 6.07) is 0. The van der Waals surface area contributed by atoms with Gasteiger partial charge in [-0.15, -0.1) is 0 Å². The Morgan fingerprint density at radius 2 is 0.833 bits per heavy atom. The molecule has 0 fully saturated rings. The molecular weight excluding hydrogens is 669 g/mol. The average Bonchev–Trinajstić information content (AvgIpc) is 3.17. The first-order valence-corrected chi connectivity index (χ1v) is 22.8. The van der Waals surface area contributed by atoms with Crippen molar-refractivity contribution in [2.45, 2.75) is 219 Å². The van der Waals surface area contributed by atoms with Crippen molar-refractivity contribution < 1.29 is 23.8 Å². The van der Waals surface area contributed by atoms with Crippen LogP contribution in [0.2, 0.25) is 0 Å². The molecule has 1 unspecified atom stereocenters. The molecule has 0 N–H and O–H groups in total. The van der Waals surface area contributed by atoms with Crippen LogP contribution in [0.1, 0.15) is 213 Å².